The molecule has 0 unspecified atom stereocenters. The van der Waals surface area contributed by atoms with Crippen molar-refractivity contribution in [2.45, 2.75) is 77.6 Å². The van der Waals surface area contributed by atoms with Gasteiger partial charge in [-0.05, 0) is 38.5 Å². The number of halogens is 1. The molecule has 0 aromatic carbocycles. The summed E-state index contributed by atoms with van der Waals surface area (Å²) in [5, 5.41) is 0. The highest BCUT2D eigenvalue weighted by atomic mass is 79.9. The van der Waals surface area contributed by atoms with E-state index >= 15 is 0 Å². The summed E-state index contributed by atoms with van der Waals surface area (Å²) in [6.07, 6.45) is 15.6. The molecule has 0 amide bonds. The van der Waals surface area contributed by atoms with Crippen molar-refractivity contribution in [2.24, 2.45) is 0 Å². The predicted molar refractivity (Wildman–Crippen MR) is 96.0 cm³/mol. The summed E-state index contributed by atoms with van der Waals surface area (Å²) in [5.74, 6) is 0. The van der Waals surface area contributed by atoms with Crippen molar-refractivity contribution < 1.29 is 26.4 Å². The van der Waals surface area contributed by atoms with E-state index in [0.29, 0.717) is 0 Å². The molecule has 0 aromatic rings. The van der Waals surface area contributed by atoms with Crippen molar-refractivity contribution in [3.05, 3.63) is 0 Å². The average molecular weight is 380 g/mol. The lowest BCUT2D eigenvalue weighted by atomic mass is 10.1. The Morgan fingerprint density at radius 2 is 1.05 bits per heavy atom. The van der Waals surface area contributed by atoms with Crippen molar-refractivity contribution in [1.82, 2.24) is 0 Å². The molecule has 3 heteroatoms. The van der Waals surface area contributed by atoms with Crippen LogP contribution in [0.25, 0.3) is 0 Å². The molecule has 0 aromatic heterocycles. The highest BCUT2D eigenvalue weighted by Gasteiger charge is 2.13. The minimum atomic E-state index is 0. The molecule has 0 atom stereocenters. The summed E-state index contributed by atoms with van der Waals surface area (Å²) in [6, 6.07) is 0. The molecule has 0 bridgehead atoms. The van der Waals surface area contributed by atoms with Gasteiger partial charge in [-0.2, -0.15) is 0 Å². The third-order valence-corrected chi connectivity index (χ3v) is 4.56. The molecule has 1 N–H and O–H groups in total. The zero-order valence-electron chi connectivity index (χ0n) is 16.2. The lowest BCUT2D eigenvalue weighted by molar-refractivity contribution is -0.890. The number of quaternary nitrogens is 2. The molecule has 0 rings (SSSR count). The average Bonchev–Trinajstić information content (AvgIpc) is 2.41. The van der Waals surface area contributed by atoms with E-state index in [1.807, 2.05) is 0 Å². The molecule has 2 nitrogen and oxygen atoms in total. The Labute approximate surface area is 152 Å². The van der Waals surface area contributed by atoms with E-state index in [1.54, 1.807) is 4.90 Å². The van der Waals surface area contributed by atoms with Crippen LogP contribution in [-0.2, 0) is 0 Å². The van der Waals surface area contributed by atoms with E-state index in [1.165, 1.54) is 94.7 Å². The van der Waals surface area contributed by atoms with Crippen LogP contribution < -0.4 is 21.9 Å². The summed E-state index contributed by atoms with van der Waals surface area (Å²) in [7, 11) is 9.34. The first kappa shape index (κ1) is 24.6. The van der Waals surface area contributed by atoms with Gasteiger partial charge in [0.15, 0.2) is 0 Å². The standard InChI is InChI=1S/C19H43N2.BrH/c1-6-7-8-9-10-12-15-18-21(4,5)19-16-13-11-14-17-20(2)3;/h6-19H2,1-5H3;1H/q+1;. The molecule has 136 valence electrons. The molecule has 0 aliphatic heterocycles. The van der Waals surface area contributed by atoms with Crippen molar-refractivity contribution >= 4 is 0 Å². The molecular weight excluding hydrogens is 336 g/mol. The van der Waals surface area contributed by atoms with Gasteiger partial charge in [-0.15, -0.1) is 0 Å². The zero-order chi connectivity index (χ0) is 16.0. The van der Waals surface area contributed by atoms with E-state index in [4.69, 9.17) is 0 Å². The maximum absolute atomic E-state index is 2.42. The van der Waals surface area contributed by atoms with Crippen LogP contribution in [0.5, 0.6) is 0 Å². The zero-order valence-corrected chi connectivity index (χ0v) is 17.8. The second kappa shape index (κ2) is 16.3. The van der Waals surface area contributed by atoms with Crippen molar-refractivity contribution in [1.29, 1.82) is 0 Å². The van der Waals surface area contributed by atoms with E-state index < -0.39 is 0 Å². The van der Waals surface area contributed by atoms with Crippen LogP contribution in [0, 0.1) is 0 Å². The van der Waals surface area contributed by atoms with Crippen LogP contribution in [-0.4, -0.2) is 52.3 Å². The van der Waals surface area contributed by atoms with Crippen LogP contribution in [0.2, 0.25) is 0 Å². The fourth-order valence-electron chi connectivity index (χ4n) is 2.98. The minimum Gasteiger partial charge on any atom is -1.00 e. The molecule has 0 fully saturated rings. The summed E-state index contributed by atoms with van der Waals surface area (Å²) >= 11 is 0. The second-order valence-electron chi connectivity index (χ2n) is 7.88. The summed E-state index contributed by atoms with van der Waals surface area (Å²) in [6.45, 7) is 6.36. The van der Waals surface area contributed by atoms with Gasteiger partial charge in [0.25, 0.3) is 0 Å². The molecule has 0 spiro atoms. The Morgan fingerprint density at radius 1 is 0.636 bits per heavy atom. The maximum Gasteiger partial charge on any atom is 0.0782 e. The Morgan fingerprint density at radius 3 is 1.50 bits per heavy atom. The van der Waals surface area contributed by atoms with E-state index in [-0.39, 0.29) is 17.0 Å². The minimum absolute atomic E-state index is 0. The third kappa shape index (κ3) is 18.4. The van der Waals surface area contributed by atoms with Crippen LogP contribution in [0.1, 0.15) is 77.6 Å². The fourth-order valence-corrected chi connectivity index (χ4v) is 2.98. The first-order valence-corrected chi connectivity index (χ1v) is 9.59. The highest BCUT2D eigenvalue weighted by molar-refractivity contribution is 4.47. The number of nitrogens with zero attached hydrogens (tertiary/aromatic N) is 1. The Balaban J connectivity index is 0. The van der Waals surface area contributed by atoms with Crippen LogP contribution >= 0.6 is 0 Å². The number of unbranched alkanes of at least 4 members (excludes halogenated alkanes) is 9. The van der Waals surface area contributed by atoms with Gasteiger partial charge in [0, 0.05) is 0 Å². The normalized spacial score (nSPS) is 11.7. The number of nitrogens with one attached hydrogen (secondary N) is 1. The molecule has 0 saturated heterocycles. The van der Waals surface area contributed by atoms with Crippen LogP contribution in [0.15, 0.2) is 0 Å². The maximum atomic E-state index is 2.42. The van der Waals surface area contributed by atoms with Gasteiger partial charge < -0.3 is 26.4 Å². The smallest absolute Gasteiger partial charge is 0.0782 e. The third-order valence-electron chi connectivity index (χ3n) is 4.56. The molecule has 0 aliphatic rings. The second-order valence-corrected chi connectivity index (χ2v) is 7.88. The quantitative estimate of drug-likeness (QED) is 0.312. The first-order chi connectivity index (χ1) is 9.98. The van der Waals surface area contributed by atoms with Gasteiger partial charge in [-0.1, -0.05) is 39.0 Å². The monoisotopic (exact) mass is 379 g/mol. The van der Waals surface area contributed by atoms with Crippen molar-refractivity contribution in [2.75, 3.05) is 47.8 Å². The molecule has 0 heterocycles. The van der Waals surface area contributed by atoms with Gasteiger partial charge in [0.2, 0.25) is 0 Å². The summed E-state index contributed by atoms with van der Waals surface area (Å²) in [4.78, 5) is 1.59. The topological polar surface area (TPSA) is 4.44 Å². The van der Waals surface area contributed by atoms with Crippen molar-refractivity contribution in [3.8, 4) is 0 Å². The van der Waals surface area contributed by atoms with Gasteiger partial charge in [-0.3, -0.25) is 0 Å². The molecule has 0 aliphatic carbocycles. The van der Waals surface area contributed by atoms with Crippen LogP contribution in [0.4, 0.5) is 0 Å². The van der Waals surface area contributed by atoms with E-state index in [0.717, 1.165) is 0 Å². The Bertz CT molecular complexity index is 217. The van der Waals surface area contributed by atoms with E-state index in [9.17, 15) is 0 Å². The highest BCUT2D eigenvalue weighted by Crippen LogP contribution is 2.11. The lowest BCUT2D eigenvalue weighted by Crippen LogP contribution is -3.05. The van der Waals surface area contributed by atoms with Gasteiger partial charge in [0.05, 0.1) is 47.8 Å². The van der Waals surface area contributed by atoms with Crippen LogP contribution in [0.3, 0.4) is 0 Å². The van der Waals surface area contributed by atoms with Gasteiger partial charge in [0.1, 0.15) is 0 Å². The molecular formula is C19H44BrN2+. The number of rotatable bonds is 15. The van der Waals surface area contributed by atoms with E-state index in [2.05, 4.69) is 35.1 Å². The van der Waals surface area contributed by atoms with Gasteiger partial charge >= 0.3 is 0 Å². The van der Waals surface area contributed by atoms with Crippen molar-refractivity contribution in [3.63, 3.8) is 0 Å². The largest absolute Gasteiger partial charge is 1.00 e. The molecule has 22 heavy (non-hydrogen) atoms. The molecule has 0 saturated carbocycles. The SMILES string of the molecule is CCCCCCCCC[N+](C)(C)CCCCCC[NH+](C)C.[Br-]. The Hall–Kier alpha value is 0.400. The Kier molecular flexibility index (Phi) is 18.2. The first-order valence-electron chi connectivity index (χ1n) is 9.59. The predicted octanol–water partition coefficient (Wildman–Crippen LogP) is 0.522. The lowest BCUT2D eigenvalue weighted by Gasteiger charge is -2.30. The number of hydrogen-bond donors (Lipinski definition) is 1. The fraction of sp³-hybridized carbons (Fsp3) is 1.00. The summed E-state index contributed by atoms with van der Waals surface area (Å²) < 4.78 is 1.23. The number of hydrogen-bond acceptors (Lipinski definition) is 0. The molecule has 0 radical (unpaired) electrons. The summed E-state index contributed by atoms with van der Waals surface area (Å²) in [5.41, 5.74) is 0. The van der Waals surface area contributed by atoms with Gasteiger partial charge in [-0.25, -0.2) is 0 Å².